The molecule has 3 nitrogen and oxygen atoms in total. The van der Waals surface area contributed by atoms with Gasteiger partial charge in [0.25, 0.3) is 0 Å². The molecule has 0 amide bonds. The number of nitrogens with two attached hydrogens (primary N) is 1. The molecular formula is C12H17NO2. The summed E-state index contributed by atoms with van der Waals surface area (Å²) >= 11 is 0. The summed E-state index contributed by atoms with van der Waals surface area (Å²) in [5, 5.41) is 9.08. The zero-order valence-electron chi connectivity index (χ0n) is 8.94. The molecule has 0 unspecified atom stereocenters. The van der Waals surface area contributed by atoms with Crippen LogP contribution in [0, 0.1) is 0 Å². The van der Waals surface area contributed by atoms with Crippen molar-refractivity contribution in [1.29, 1.82) is 0 Å². The van der Waals surface area contributed by atoms with Gasteiger partial charge in [0.2, 0.25) is 0 Å². The minimum absolute atomic E-state index is 0.0681. The summed E-state index contributed by atoms with van der Waals surface area (Å²) < 4.78 is 5.30. The van der Waals surface area contributed by atoms with E-state index in [1.165, 1.54) is 5.56 Å². The Labute approximate surface area is 89.9 Å². The predicted molar refractivity (Wildman–Crippen MR) is 59.0 cm³/mol. The average molecular weight is 207 g/mol. The van der Waals surface area contributed by atoms with Crippen LogP contribution in [0.2, 0.25) is 0 Å². The maximum absolute atomic E-state index is 9.08. The van der Waals surface area contributed by atoms with Crippen LogP contribution < -0.4 is 10.5 Å². The quantitative estimate of drug-likeness (QED) is 0.784. The van der Waals surface area contributed by atoms with E-state index in [4.69, 9.17) is 15.6 Å². The zero-order valence-corrected chi connectivity index (χ0v) is 8.94. The van der Waals surface area contributed by atoms with Gasteiger partial charge in [-0.1, -0.05) is 18.2 Å². The Hall–Kier alpha value is -1.06. The molecule has 82 valence electrons. The molecule has 0 aromatic heterocycles. The second-order valence-corrected chi connectivity index (χ2v) is 4.37. The minimum Gasteiger partial charge on any atom is -0.496 e. The zero-order chi connectivity index (χ0) is 10.9. The fourth-order valence-corrected chi connectivity index (χ4v) is 2.27. The number of para-hydroxylation sites is 1. The van der Waals surface area contributed by atoms with E-state index >= 15 is 0 Å². The van der Waals surface area contributed by atoms with Crippen LogP contribution in [0.15, 0.2) is 24.3 Å². The van der Waals surface area contributed by atoms with Crippen molar-refractivity contribution in [3.63, 3.8) is 0 Å². The van der Waals surface area contributed by atoms with Gasteiger partial charge in [-0.05, 0) is 30.4 Å². The Morgan fingerprint density at radius 2 is 2.13 bits per heavy atom. The maximum Gasteiger partial charge on any atom is 0.122 e. The minimum atomic E-state index is -0.370. The van der Waals surface area contributed by atoms with Gasteiger partial charge in [0, 0.05) is 5.54 Å². The Balaban J connectivity index is 2.13. The molecule has 1 aliphatic carbocycles. The number of hydrogen-bond acceptors (Lipinski definition) is 3. The standard InChI is InChI=1S/C12H17NO2/c1-15-11-5-3-2-4-10(11)9-6-12(13,7-9)8-14/h2-5,9,14H,6-8,13H2,1H3. The summed E-state index contributed by atoms with van der Waals surface area (Å²) in [6, 6.07) is 8.00. The predicted octanol–water partition coefficient (Wildman–Crippen LogP) is 1.26. The monoisotopic (exact) mass is 207 g/mol. The van der Waals surface area contributed by atoms with Crippen molar-refractivity contribution in [2.24, 2.45) is 5.73 Å². The lowest BCUT2D eigenvalue weighted by atomic mass is 9.66. The van der Waals surface area contributed by atoms with Crippen molar-refractivity contribution in [2.75, 3.05) is 13.7 Å². The van der Waals surface area contributed by atoms with Gasteiger partial charge in [-0.3, -0.25) is 0 Å². The van der Waals surface area contributed by atoms with Gasteiger partial charge in [0.1, 0.15) is 5.75 Å². The summed E-state index contributed by atoms with van der Waals surface area (Å²) in [7, 11) is 1.68. The van der Waals surface area contributed by atoms with Gasteiger partial charge in [-0.15, -0.1) is 0 Å². The van der Waals surface area contributed by atoms with Crippen LogP contribution in [-0.2, 0) is 0 Å². The molecule has 1 saturated carbocycles. The lowest BCUT2D eigenvalue weighted by Gasteiger charge is -2.44. The van der Waals surface area contributed by atoms with Crippen molar-refractivity contribution in [3.05, 3.63) is 29.8 Å². The lowest BCUT2D eigenvalue weighted by molar-refractivity contribution is 0.105. The fourth-order valence-electron chi connectivity index (χ4n) is 2.27. The summed E-state index contributed by atoms with van der Waals surface area (Å²) in [4.78, 5) is 0. The van der Waals surface area contributed by atoms with E-state index in [2.05, 4.69) is 6.07 Å². The summed E-state index contributed by atoms with van der Waals surface area (Å²) in [6.45, 7) is 0.0681. The number of aliphatic hydroxyl groups is 1. The van der Waals surface area contributed by atoms with E-state index in [0.717, 1.165) is 18.6 Å². The van der Waals surface area contributed by atoms with E-state index in [0.29, 0.717) is 5.92 Å². The van der Waals surface area contributed by atoms with E-state index < -0.39 is 0 Å². The molecule has 0 saturated heterocycles. The van der Waals surface area contributed by atoms with Gasteiger partial charge in [0.05, 0.1) is 13.7 Å². The molecule has 2 rings (SSSR count). The first kappa shape index (κ1) is 10.5. The molecule has 0 atom stereocenters. The molecule has 1 fully saturated rings. The second-order valence-electron chi connectivity index (χ2n) is 4.37. The topological polar surface area (TPSA) is 55.5 Å². The average Bonchev–Trinajstić information content (AvgIpc) is 2.25. The van der Waals surface area contributed by atoms with Crippen molar-refractivity contribution >= 4 is 0 Å². The highest BCUT2D eigenvalue weighted by Gasteiger charge is 2.41. The van der Waals surface area contributed by atoms with E-state index in [1.54, 1.807) is 7.11 Å². The number of rotatable bonds is 3. The van der Waals surface area contributed by atoms with Crippen LogP contribution >= 0.6 is 0 Å². The lowest BCUT2D eigenvalue weighted by Crippen LogP contribution is -2.53. The molecule has 0 bridgehead atoms. The molecule has 1 aromatic rings. The molecule has 1 aliphatic rings. The molecule has 15 heavy (non-hydrogen) atoms. The Bertz CT molecular complexity index is 345. The highest BCUT2D eigenvalue weighted by atomic mass is 16.5. The largest absolute Gasteiger partial charge is 0.496 e. The van der Waals surface area contributed by atoms with Gasteiger partial charge in [-0.25, -0.2) is 0 Å². The Morgan fingerprint density at radius 3 is 2.73 bits per heavy atom. The molecule has 3 heteroatoms. The van der Waals surface area contributed by atoms with Crippen LogP contribution in [0.3, 0.4) is 0 Å². The Kier molecular flexibility index (Phi) is 2.67. The molecule has 0 heterocycles. The van der Waals surface area contributed by atoms with Crippen molar-refractivity contribution in [3.8, 4) is 5.75 Å². The highest BCUT2D eigenvalue weighted by molar-refractivity contribution is 5.38. The normalized spacial score (nSPS) is 29.7. The maximum atomic E-state index is 9.08. The molecule has 3 N–H and O–H groups in total. The number of aliphatic hydroxyl groups excluding tert-OH is 1. The van der Waals surface area contributed by atoms with Crippen LogP contribution in [0.1, 0.15) is 24.3 Å². The first-order valence-corrected chi connectivity index (χ1v) is 5.21. The van der Waals surface area contributed by atoms with Crippen molar-refractivity contribution in [2.45, 2.75) is 24.3 Å². The second kappa shape index (κ2) is 3.83. The number of benzene rings is 1. The van der Waals surface area contributed by atoms with E-state index in [1.807, 2.05) is 18.2 Å². The van der Waals surface area contributed by atoms with Crippen LogP contribution in [0.25, 0.3) is 0 Å². The molecule has 1 aromatic carbocycles. The number of methoxy groups -OCH3 is 1. The number of hydrogen-bond donors (Lipinski definition) is 2. The van der Waals surface area contributed by atoms with Crippen LogP contribution in [0.5, 0.6) is 5.75 Å². The molecule has 0 spiro atoms. The third-order valence-electron chi connectivity index (χ3n) is 3.20. The van der Waals surface area contributed by atoms with Crippen molar-refractivity contribution in [1.82, 2.24) is 0 Å². The van der Waals surface area contributed by atoms with E-state index in [-0.39, 0.29) is 12.1 Å². The smallest absolute Gasteiger partial charge is 0.122 e. The summed E-state index contributed by atoms with van der Waals surface area (Å²) in [5.41, 5.74) is 6.76. The molecule has 0 aliphatic heterocycles. The fraction of sp³-hybridized carbons (Fsp3) is 0.500. The third kappa shape index (κ3) is 1.85. The first-order valence-electron chi connectivity index (χ1n) is 5.21. The summed E-state index contributed by atoms with van der Waals surface area (Å²) in [6.07, 6.45) is 1.67. The third-order valence-corrected chi connectivity index (χ3v) is 3.20. The van der Waals surface area contributed by atoms with Crippen LogP contribution in [-0.4, -0.2) is 24.4 Å². The first-order chi connectivity index (χ1) is 7.18. The molecular weight excluding hydrogens is 190 g/mol. The number of ether oxygens (including phenoxy) is 1. The summed E-state index contributed by atoms with van der Waals surface area (Å²) in [5.74, 6) is 1.35. The van der Waals surface area contributed by atoms with Crippen molar-refractivity contribution < 1.29 is 9.84 Å². The molecule has 0 radical (unpaired) electrons. The van der Waals surface area contributed by atoms with Gasteiger partial charge in [0.15, 0.2) is 0 Å². The van der Waals surface area contributed by atoms with Gasteiger partial charge >= 0.3 is 0 Å². The van der Waals surface area contributed by atoms with Crippen LogP contribution in [0.4, 0.5) is 0 Å². The van der Waals surface area contributed by atoms with Gasteiger partial charge < -0.3 is 15.6 Å². The Morgan fingerprint density at radius 1 is 1.47 bits per heavy atom. The highest BCUT2D eigenvalue weighted by Crippen LogP contribution is 2.45. The SMILES string of the molecule is COc1ccccc1C1CC(N)(CO)C1. The van der Waals surface area contributed by atoms with Gasteiger partial charge in [-0.2, -0.15) is 0 Å². The van der Waals surface area contributed by atoms with E-state index in [9.17, 15) is 0 Å².